The predicted octanol–water partition coefficient (Wildman–Crippen LogP) is 3.69. The van der Waals surface area contributed by atoms with Crippen LogP contribution in [0.1, 0.15) is 54.4 Å². The van der Waals surface area contributed by atoms with E-state index in [1.807, 2.05) is 0 Å². The van der Waals surface area contributed by atoms with Crippen molar-refractivity contribution < 1.29 is 0 Å². The summed E-state index contributed by atoms with van der Waals surface area (Å²) >= 11 is 0. The highest BCUT2D eigenvalue weighted by Crippen LogP contribution is 2.26. The first kappa shape index (κ1) is 14.0. The Balaban J connectivity index is 3.85. The molecule has 1 heteroatoms. The summed E-state index contributed by atoms with van der Waals surface area (Å²) in [6, 6.07) is 0.625. The second-order valence-corrected chi connectivity index (χ2v) is 5.19. The van der Waals surface area contributed by atoms with Crippen molar-refractivity contribution in [3.63, 3.8) is 0 Å². The van der Waals surface area contributed by atoms with E-state index >= 15 is 0 Å². The Morgan fingerprint density at radius 1 is 1.00 bits per heavy atom. The fraction of sp³-hybridized carbons (Fsp3) is 1.00. The summed E-state index contributed by atoms with van der Waals surface area (Å²) in [6.45, 7) is 15.0. The average Bonchev–Trinajstić information content (AvgIpc) is 2.10. The quantitative estimate of drug-likeness (QED) is 0.659. The Hall–Kier alpha value is -0.0400. The van der Waals surface area contributed by atoms with Gasteiger partial charge in [0.05, 0.1) is 0 Å². The Morgan fingerprint density at radius 2 is 1.57 bits per heavy atom. The molecule has 86 valence electrons. The molecule has 0 spiro atoms. The first-order valence-electron chi connectivity index (χ1n) is 6.22. The van der Waals surface area contributed by atoms with Crippen molar-refractivity contribution in [2.75, 3.05) is 6.54 Å². The molecule has 0 heterocycles. The van der Waals surface area contributed by atoms with Gasteiger partial charge < -0.3 is 5.32 Å². The fourth-order valence-corrected chi connectivity index (χ4v) is 2.12. The van der Waals surface area contributed by atoms with Crippen LogP contribution in [0, 0.1) is 17.8 Å². The molecule has 0 fully saturated rings. The van der Waals surface area contributed by atoms with Crippen LogP contribution in [0.25, 0.3) is 0 Å². The maximum absolute atomic E-state index is 3.51. The highest BCUT2D eigenvalue weighted by molar-refractivity contribution is 4.70. The molecule has 0 saturated carbocycles. The highest BCUT2D eigenvalue weighted by Gasteiger charge is 2.18. The molecule has 0 aromatic carbocycles. The molecular weight excluding hydrogens is 170 g/mol. The molecule has 0 bridgehead atoms. The molecule has 1 N–H and O–H groups in total. The highest BCUT2D eigenvalue weighted by atomic mass is 14.9. The van der Waals surface area contributed by atoms with Gasteiger partial charge in [0.1, 0.15) is 0 Å². The average molecular weight is 199 g/mol. The third-order valence-electron chi connectivity index (χ3n) is 3.26. The Bertz CT molecular complexity index is 129. The molecule has 0 aliphatic carbocycles. The number of hydrogen-bond acceptors (Lipinski definition) is 1. The summed E-state index contributed by atoms with van der Waals surface area (Å²) in [6.07, 6.45) is 2.63. The minimum atomic E-state index is 0.625. The second-order valence-electron chi connectivity index (χ2n) is 5.19. The largest absolute Gasteiger partial charge is 0.315 e. The van der Waals surface area contributed by atoms with Gasteiger partial charge >= 0.3 is 0 Å². The monoisotopic (exact) mass is 199 g/mol. The van der Waals surface area contributed by atoms with E-state index in [2.05, 4.69) is 46.9 Å². The molecule has 0 saturated heterocycles. The summed E-state index contributed by atoms with van der Waals surface area (Å²) < 4.78 is 0. The van der Waals surface area contributed by atoms with Crippen LogP contribution in [-0.4, -0.2) is 12.6 Å². The van der Waals surface area contributed by atoms with E-state index in [9.17, 15) is 0 Å². The summed E-state index contributed by atoms with van der Waals surface area (Å²) in [5.41, 5.74) is 0. The minimum Gasteiger partial charge on any atom is -0.315 e. The van der Waals surface area contributed by atoms with E-state index in [-0.39, 0.29) is 0 Å². The minimum absolute atomic E-state index is 0.625. The topological polar surface area (TPSA) is 12.0 Å². The van der Waals surface area contributed by atoms with Crippen LogP contribution in [0.4, 0.5) is 0 Å². The van der Waals surface area contributed by atoms with Crippen LogP contribution in [0.5, 0.6) is 0 Å². The van der Waals surface area contributed by atoms with E-state index in [1.54, 1.807) is 0 Å². The summed E-state index contributed by atoms with van der Waals surface area (Å²) in [4.78, 5) is 0. The van der Waals surface area contributed by atoms with Crippen molar-refractivity contribution in [1.29, 1.82) is 0 Å². The van der Waals surface area contributed by atoms with Crippen molar-refractivity contribution in [3.05, 3.63) is 0 Å². The predicted molar refractivity (Wildman–Crippen MR) is 65.5 cm³/mol. The van der Waals surface area contributed by atoms with Crippen molar-refractivity contribution >= 4 is 0 Å². The standard InChI is InChI=1S/C13H29N/c1-7-12(6)13(10(2)3)8-9-14-11(4)5/h10-14H,7-9H2,1-6H3/t12-,13-/m1/s1. The molecule has 0 unspecified atom stereocenters. The lowest BCUT2D eigenvalue weighted by atomic mass is 9.81. The molecule has 0 aliphatic rings. The van der Waals surface area contributed by atoms with Gasteiger partial charge in [-0.15, -0.1) is 0 Å². The zero-order chi connectivity index (χ0) is 11.1. The van der Waals surface area contributed by atoms with E-state index in [0.29, 0.717) is 6.04 Å². The van der Waals surface area contributed by atoms with Gasteiger partial charge in [0.2, 0.25) is 0 Å². The SMILES string of the molecule is CC[C@@H](C)[C@H](CCNC(C)C)C(C)C. The molecule has 0 radical (unpaired) electrons. The van der Waals surface area contributed by atoms with E-state index < -0.39 is 0 Å². The normalized spacial score (nSPS) is 16.3. The zero-order valence-electron chi connectivity index (χ0n) is 10.9. The molecule has 0 rings (SSSR count). The van der Waals surface area contributed by atoms with Gasteiger partial charge in [-0.3, -0.25) is 0 Å². The Labute approximate surface area is 90.7 Å². The van der Waals surface area contributed by atoms with Gasteiger partial charge in [0, 0.05) is 6.04 Å². The van der Waals surface area contributed by atoms with Crippen molar-refractivity contribution in [3.8, 4) is 0 Å². The maximum Gasteiger partial charge on any atom is 0.00103 e. The molecule has 0 amide bonds. The molecule has 14 heavy (non-hydrogen) atoms. The molecule has 0 aromatic rings. The number of nitrogens with one attached hydrogen (secondary N) is 1. The van der Waals surface area contributed by atoms with Crippen molar-refractivity contribution in [2.24, 2.45) is 17.8 Å². The van der Waals surface area contributed by atoms with E-state index in [0.717, 1.165) is 17.8 Å². The van der Waals surface area contributed by atoms with Crippen molar-refractivity contribution in [2.45, 2.75) is 60.4 Å². The first-order chi connectivity index (χ1) is 6.49. The summed E-state index contributed by atoms with van der Waals surface area (Å²) in [5.74, 6) is 2.56. The van der Waals surface area contributed by atoms with E-state index in [1.165, 1.54) is 19.4 Å². The molecule has 0 aromatic heterocycles. The van der Waals surface area contributed by atoms with Crippen LogP contribution in [0.15, 0.2) is 0 Å². The molecule has 2 atom stereocenters. The van der Waals surface area contributed by atoms with Gasteiger partial charge in [-0.1, -0.05) is 48.0 Å². The van der Waals surface area contributed by atoms with Gasteiger partial charge in [-0.05, 0) is 30.7 Å². The third kappa shape index (κ3) is 5.64. The lowest BCUT2D eigenvalue weighted by molar-refractivity contribution is 0.243. The molecule has 0 aliphatic heterocycles. The molecular formula is C13H29N. The fourth-order valence-electron chi connectivity index (χ4n) is 2.12. The summed E-state index contributed by atoms with van der Waals surface area (Å²) in [5, 5.41) is 3.51. The Kier molecular flexibility index (Phi) is 7.26. The van der Waals surface area contributed by atoms with Crippen LogP contribution < -0.4 is 5.32 Å². The third-order valence-corrected chi connectivity index (χ3v) is 3.26. The maximum atomic E-state index is 3.51. The van der Waals surface area contributed by atoms with Crippen LogP contribution in [0.3, 0.4) is 0 Å². The number of hydrogen-bond donors (Lipinski definition) is 1. The second kappa shape index (κ2) is 7.28. The smallest absolute Gasteiger partial charge is 0.00103 e. The van der Waals surface area contributed by atoms with Gasteiger partial charge in [0.25, 0.3) is 0 Å². The van der Waals surface area contributed by atoms with E-state index in [4.69, 9.17) is 0 Å². The van der Waals surface area contributed by atoms with Crippen LogP contribution >= 0.6 is 0 Å². The molecule has 1 nitrogen and oxygen atoms in total. The first-order valence-corrected chi connectivity index (χ1v) is 6.22. The zero-order valence-corrected chi connectivity index (χ0v) is 10.9. The van der Waals surface area contributed by atoms with Crippen LogP contribution in [0.2, 0.25) is 0 Å². The lowest BCUT2D eigenvalue weighted by Gasteiger charge is -2.27. The van der Waals surface area contributed by atoms with Crippen molar-refractivity contribution in [1.82, 2.24) is 5.32 Å². The lowest BCUT2D eigenvalue weighted by Crippen LogP contribution is -2.28. The summed E-state index contributed by atoms with van der Waals surface area (Å²) in [7, 11) is 0. The number of rotatable bonds is 7. The van der Waals surface area contributed by atoms with Crippen LogP contribution in [-0.2, 0) is 0 Å². The van der Waals surface area contributed by atoms with Gasteiger partial charge in [-0.2, -0.15) is 0 Å². The van der Waals surface area contributed by atoms with Gasteiger partial charge in [-0.25, -0.2) is 0 Å². The van der Waals surface area contributed by atoms with Gasteiger partial charge in [0.15, 0.2) is 0 Å². The Morgan fingerprint density at radius 3 is 1.93 bits per heavy atom.